The maximum atomic E-state index is 11.8. The highest BCUT2D eigenvalue weighted by molar-refractivity contribution is 9.12. The van der Waals surface area contributed by atoms with Crippen molar-refractivity contribution in [2.75, 3.05) is 0 Å². The summed E-state index contributed by atoms with van der Waals surface area (Å²) in [5.74, 6) is 0.696. The van der Waals surface area contributed by atoms with Crippen molar-refractivity contribution in [2.24, 2.45) is 5.92 Å². The van der Waals surface area contributed by atoms with Gasteiger partial charge < -0.3 is 0 Å². The molecule has 4 heteroatoms. The molecule has 14 heavy (non-hydrogen) atoms. The van der Waals surface area contributed by atoms with Crippen molar-refractivity contribution in [2.45, 2.75) is 26.7 Å². The molecule has 1 aromatic heterocycles. The van der Waals surface area contributed by atoms with Crippen LogP contribution in [0.4, 0.5) is 0 Å². The van der Waals surface area contributed by atoms with Gasteiger partial charge in [0.15, 0.2) is 5.78 Å². The van der Waals surface area contributed by atoms with Crippen LogP contribution in [0.15, 0.2) is 13.6 Å². The summed E-state index contributed by atoms with van der Waals surface area (Å²) < 4.78 is 1.93. The molecule has 1 atom stereocenters. The van der Waals surface area contributed by atoms with E-state index in [0.29, 0.717) is 12.3 Å². The molecule has 0 aliphatic heterocycles. The molecule has 0 spiro atoms. The molecule has 1 rings (SSSR count). The van der Waals surface area contributed by atoms with Crippen molar-refractivity contribution in [3.05, 3.63) is 19.2 Å². The Kier molecular flexibility index (Phi) is 4.80. The van der Waals surface area contributed by atoms with Gasteiger partial charge in [0.1, 0.15) is 0 Å². The Morgan fingerprint density at radius 1 is 1.57 bits per heavy atom. The van der Waals surface area contributed by atoms with E-state index < -0.39 is 0 Å². The summed E-state index contributed by atoms with van der Waals surface area (Å²) in [6.45, 7) is 4.21. The fourth-order valence-corrected chi connectivity index (χ4v) is 3.96. The van der Waals surface area contributed by atoms with E-state index in [1.807, 2.05) is 6.07 Å². The normalized spacial score (nSPS) is 12.9. The summed E-state index contributed by atoms with van der Waals surface area (Å²) in [7, 11) is 0. The molecule has 0 saturated carbocycles. The maximum absolute atomic E-state index is 11.8. The minimum absolute atomic E-state index is 0.230. The first-order valence-corrected chi connectivity index (χ1v) is 6.92. The number of Topliss-reactive ketones (excluding diaryl/α,β-unsaturated/α-hetero) is 1. The molecule has 0 aromatic carbocycles. The van der Waals surface area contributed by atoms with Gasteiger partial charge in [0.25, 0.3) is 0 Å². The molecule has 0 aliphatic rings. The second-order valence-electron chi connectivity index (χ2n) is 3.38. The number of rotatable bonds is 4. The topological polar surface area (TPSA) is 17.1 Å². The largest absolute Gasteiger partial charge is 0.294 e. The monoisotopic (exact) mass is 338 g/mol. The molecule has 0 fully saturated rings. The molecule has 0 radical (unpaired) electrons. The van der Waals surface area contributed by atoms with Gasteiger partial charge in [0.05, 0.1) is 7.57 Å². The van der Waals surface area contributed by atoms with Gasteiger partial charge in [-0.15, -0.1) is 11.3 Å². The summed E-state index contributed by atoms with van der Waals surface area (Å²) in [5.41, 5.74) is 0.808. The van der Waals surface area contributed by atoms with Crippen molar-refractivity contribution in [3.63, 3.8) is 0 Å². The van der Waals surface area contributed by atoms with Gasteiger partial charge in [-0.3, -0.25) is 4.79 Å². The second kappa shape index (κ2) is 5.42. The average molecular weight is 340 g/mol. The number of carbonyl (C=O) groups is 1. The SMILES string of the molecule is CCC(C)CC(=O)c1cc(Br)sc1Br. The first-order chi connectivity index (χ1) is 6.54. The number of ketones is 1. The van der Waals surface area contributed by atoms with Crippen molar-refractivity contribution < 1.29 is 4.79 Å². The average Bonchev–Trinajstić information content (AvgIpc) is 2.45. The van der Waals surface area contributed by atoms with Crippen LogP contribution in [0.2, 0.25) is 0 Å². The van der Waals surface area contributed by atoms with E-state index in [1.165, 1.54) is 0 Å². The summed E-state index contributed by atoms with van der Waals surface area (Å²) in [6.07, 6.45) is 1.69. The minimum Gasteiger partial charge on any atom is -0.294 e. The molecule has 0 bridgehead atoms. The van der Waals surface area contributed by atoms with E-state index in [9.17, 15) is 4.79 Å². The summed E-state index contributed by atoms with van der Waals surface area (Å²) in [5, 5.41) is 0. The molecule has 1 unspecified atom stereocenters. The van der Waals surface area contributed by atoms with Crippen LogP contribution in [-0.2, 0) is 0 Å². The first kappa shape index (κ1) is 12.4. The number of halogens is 2. The lowest BCUT2D eigenvalue weighted by atomic mass is 9.99. The zero-order valence-corrected chi connectivity index (χ0v) is 12.1. The summed E-state index contributed by atoms with van der Waals surface area (Å²) in [6, 6.07) is 1.89. The molecular formula is C10H12Br2OS. The van der Waals surface area contributed by atoms with Gasteiger partial charge in [-0.1, -0.05) is 20.3 Å². The number of hydrogen-bond acceptors (Lipinski definition) is 2. The van der Waals surface area contributed by atoms with Crippen LogP contribution in [0, 0.1) is 5.92 Å². The van der Waals surface area contributed by atoms with Gasteiger partial charge in [-0.05, 0) is 43.8 Å². The standard InChI is InChI=1S/C10H12Br2OS/c1-3-6(2)4-8(13)7-5-9(11)14-10(7)12/h5-6H,3-4H2,1-2H3. The molecule has 0 saturated heterocycles. The molecule has 1 heterocycles. The summed E-state index contributed by atoms with van der Waals surface area (Å²) in [4.78, 5) is 11.8. The Balaban J connectivity index is 2.74. The van der Waals surface area contributed by atoms with Gasteiger partial charge in [0.2, 0.25) is 0 Å². The van der Waals surface area contributed by atoms with E-state index in [2.05, 4.69) is 45.7 Å². The molecular weight excluding hydrogens is 328 g/mol. The lowest BCUT2D eigenvalue weighted by Gasteiger charge is -2.05. The molecule has 0 amide bonds. The zero-order valence-electron chi connectivity index (χ0n) is 8.14. The highest BCUT2D eigenvalue weighted by Crippen LogP contribution is 2.33. The Labute approximate surface area is 105 Å². The molecule has 1 nitrogen and oxygen atoms in total. The van der Waals surface area contributed by atoms with E-state index in [4.69, 9.17) is 0 Å². The van der Waals surface area contributed by atoms with Crippen LogP contribution in [0.5, 0.6) is 0 Å². The van der Waals surface area contributed by atoms with Crippen molar-refractivity contribution in [1.29, 1.82) is 0 Å². The Morgan fingerprint density at radius 3 is 2.64 bits per heavy atom. The highest BCUT2D eigenvalue weighted by atomic mass is 79.9. The van der Waals surface area contributed by atoms with E-state index in [-0.39, 0.29) is 5.78 Å². The van der Waals surface area contributed by atoms with E-state index >= 15 is 0 Å². The number of carbonyl (C=O) groups excluding carboxylic acids is 1. The molecule has 78 valence electrons. The Morgan fingerprint density at radius 2 is 2.21 bits per heavy atom. The maximum Gasteiger partial charge on any atom is 0.165 e. The third kappa shape index (κ3) is 3.17. The fraction of sp³-hybridized carbons (Fsp3) is 0.500. The van der Waals surface area contributed by atoms with Crippen LogP contribution in [0.1, 0.15) is 37.0 Å². The van der Waals surface area contributed by atoms with Gasteiger partial charge in [-0.2, -0.15) is 0 Å². The van der Waals surface area contributed by atoms with Gasteiger partial charge in [0, 0.05) is 12.0 Å². The predicted molar refractivity (Wildman–Crippen MR) is 68.1 cm³/mol. The van der Waals surface area contributed by atoms with E-state index in [1.54, 1.807) is 11.3 Å². The van der Waals surface area contributed by atoms with Gasteiger partial charge in [-0.25, -0.2) is 0 Å². The molecule has 1 aromatic rings. The third-order valence-electron chi connectivity index (χ3n) is 2.19. The fourth-order valence-electron chi connectivity index (χ4n) is 1.10. The molecule has 0 aliphatic carbocycles. The lowest BCUT2D eigenvalue weighted by molar-refractivity contribution is 0.0963. The van der Waals surface area contributed by atoms with Crippen LogP contribution in [0.3, 0.4) is 0 Å². The second-order valence-corrected chi connectivity index (χ2v) is 7.13. The lowest BCUT2D eigenvalue weighted by Crippen LogP contribution is -2.04. The zero-order chi connectivity index (χ0) is 10.7. The van der Waals surface area contributed by atoms with Crippen molar-refractivity contribution in [1.82, 2.24) is 0 Å². The van der Waals surface area contributed by atoms with Crippen LogP contribution in [0.25, 0.3) is 0 Å². The van der Waals surface area contributed by atoms with Crippen molar-refractivity contribution in [3.8, 4) is 0 Å². The quantitative estimate of drug-likeness (QED) is 0.713. The van der Waals surface area contributed by atoms with E-state index in [0.717, 1.165) is 19.6 Å². The predicted octanol–water partition coefficient (Wildman–Crippen LogP) is 4.89. The Hall–Kier alpha value is 0.330. The minimum atomic E-state index is 0.230. The molecule has 0 N–H and O–H groups in total. The van der Waals surface area contributed by atoms with Crippen LogP contribution >= 0.6 is 43.2 Å². The summed E-state index contributed by atoms with van der Waals surface area (Å²) >= 11 is 8.31. The number of thiophene rings is 1. The van der Waals surface area contributed by atoms with Gasteiger partial charge >= 0.3 is 0 Å². The van der Waals surface area contributed by atoms with Crippen molar-refractivity contribution >= 4 is 49.0 Å². The smallest absolute Gasteiger partial charge is 0.165 e. The number of hydrogen-bond donors (Lipinski definition) is 0. The third-order valence-corrected chi connectivity index (χ3v) is 4.53. The first-order valence-electron chi connectivity index (χ1n) is 4.52. The Bertz CT molecular complexity index is 333. The van der Waals surface area contributed by atoms with Crippen LogP contribution in [-0.4, -0.2) is 5.78 Å². The van der Waals surface area contributed by atoms with Crippen LogP contribution < -0.4 is 0 Å². The highest BCUT2D eigenvalue weighted by Gasteiger charge is 2.15.